The van der Waals surface area contributed by atoms with Crippen LogP contribution in [-0.4, -0.2) is 11.0 Å². The molecular weight excluding hydrogens is 260 g/mol. The van der Waals surface area contributed by atoms with Crippen LogP contribution in [0, 0.1) is 0 Å². The van der Waals surface area contributed by atoms with E-state index in [0.29, 0.717) is 0 Å². The first kappa shape index (κ1) is 13.3. The summed E-state index contributed by atoms with van der Waals surface area (Å²) in [6.45, 7) is 2.06. The van der Waals surface area contributed by atoms with Gasteiger partial charge in [-0.05, 0) is 42.4 Å². The summed E-state index contributed by atoms with van der Waals surface area (Å²) < 4.78 is 4.99. The van der Waals surface area contributed by atoms with Crippen molar-refractivity contribution in [3.63, 3.8) is 0 Å². The van der Waals surface area contributed by atoms with Gasteiger partial charge >= 0.3 is 0 Å². The Labute approximate surface area is 116 Å². The van der Waals surface area contributed by atoms with Gasteiger partial charge in [-0.15, -0.1) is 0 Å². The molecule has 0 unspecified atom stereocenters. The van der Waals surface area contributed by atoms with Gasteiger partial charge < -0.3 is 9.73 Å². The number of rotatable bonds is 3. The largest absolute Gasteiger partial charge is 0.459 e. The van der Waals surface area contributed by atoms with Crippen LogP contribution in [0.4, 0.5) is 5.69 Å². The molecule has 2 aromatic rings. The van der Waals surface area contributed by atoms with Gasteiger partial charge in [0, 0.05) is 5.69 Å². The fraction of sp³-hybridized carbons (Fsp3) is 0.143. The molecule has 98 valence electrons. The van der Waals surface area contributed by atoms with E-state index >= 15 is 0 Å². The molecule has 0 bridgehead atoms. The number of carbonyl (C=O) groups excluding carboxylic acids is 1. The van der Waals surface area contributed by atoms with Crippen LogP contribution < -0.4 is 10.6 Å². The first-order valence-electron chi connectivity index (χ1n) is 5.94. The maximum atomic E-state index is 11.7. The smallest absolute Gasteiger partial charge is 0.293 e. The van der Waals surface area contributed by atoms with Crippen molar-refractivity contribution in [2.24, 2.45) is 0 Å². The Morgan fingerprint density at radius 3 is 2.74 bits per heavy atom. The maximum Gasteiger partial charge on any atom is 0.293 e. The Morgan fingerprint density at radius 1 is 1.26 bits per heavy atom. The van der Waals surface area contributed by atoms with Crippen LogP contribution in [0.25, 0.3) is 0 Å². The van der Waals surface area contributed by atoms with Crippen molar-refractivity contribution in [2.75, 3.05) is 5.32 Å². The summed E-state index contributed by atoms with van der Waals surface area (Å²) >= 11 is 5.11. The van der Waals surface area contributed by atoms with Gasteiger partial charge in [0.2, 0.25) is 0 Å². The summed E-state index contributed by atoms with van der Waals surface area (Å²) in [4.78, 5) is 11.7. The average Bonchev–Trinajstić information content (AvgIpc) is 2.93. The second kappa shape index (κ2) is 6.15. The lowest BCUT2D eigenvalue weighted by Crippen LogP contribution is -2.34. The van der Waals surface area contributed by atoms with E-state index in [1.54, 1.807) is 12.1 Å². The minimum atomic E-state index is -0.364. The maximum absolute atomic E-state index is 11.7. The highest BCUT2D eigenvalue weighted by molar-refractivity contribution is 7.80. The number of thiocarbonyl (C=S) groups is 1. The van der Waals surface area contributed by atoms with Gasteiger partial charge in [-0.2, -0.15) is 0 Å². The molecule has 0 aliphatic heterocycles. The van der Waals surface area contributed by atoms with E-state index in [1.165, 1.54) is 6.26 Å². The Kier molecular flexibility index (Phi) is 4.30. The first-order chi connectivity index (χ1) is 9.20. The number of furan rings is 1. The van der Waals surface area contributed by atoms with Crippen molar-refractivity contribution in [1.29, 1.82) is 0 Å². The van der Waals surface area contributed by atoms with E-state index < -0.39 is 0 Å². The van der Waals surface area contributed by atoms with Crippen LogP contribution in [0.2, 0.25) is 0 Å². The van der Waals surface area contributed by atoms with Gasteiger partial charge in [-0.1, -0.05) is 25.1 Å². The molecular formula is C14H14N2O2S. The summed E-state index contributed by atoms with van der Waals surface area (Å²) in [6, 6.07) is 11.0. The first-order valence-corrected chi connectivity index (χ1v) is 6.35. The number of benzene rings is 1. The number of amides is 1. The topological polar surface area (TPSA) is 54.3 Å². The predicted molar refractivity (Wildman–Crippen MR) is 78.2 cm³/mol. The van der Waals surface area contributed by atoms with Gasteiger partial charge in [0.1, 0.15) is 0 Å². The number of hydrogen-bond donors (Lipinski definition) is 2. The molecule has 2 rings (SSSR count). The zero-order valence-electron chi connectivity index (χ0n) is 10.5. The van der Waals surface area contributed by atoms with Crippen molar-refractivity contribution in [2.45, 2.75) is 13.3 Å². The average molecular weight is 274 g/mol. The molecule has 4 nitrogen and oxygen atoms in total. The predicted octanol–water partition coefficient (Wildman–Crippen LogP) is 2.97. The lowest BCUT2D eigenvalue weighted by Gasteiger charge is -2.11. The molecule has 0 aliphatic rings. The number of carbonyl (C=O) groups is 1. The highest BCUT2D eigenvalue weighted by atomic mass is 32.1. The van der Waals surface area contributed by atoms with Crippen molar-refractivity contribution >= 4 is 28.9 Å². The Balaban J connectivity index is 2.00. The molecule has 19 heavy (non-hydrogen) atoms. The van der Waals surface area contributed by atoms with Crippen LogP contribution in [0.3, 0.4) is 0 Å². The van der Waals surface area contributed by atoms with E-state index in [2.05, 4.69) is 17.6 Å². The van der Waals surface area contributed by atoms with Crippen molar-refractivity contribution in [3.05, 3.63) is 54.0 Å². The molecule has 1 aromatic carbocycles. The van der Waals surface area contributed by atoms with Crippen molar-refractivity contribution in [3.8, 4) is 0 Å². The molecule has 0 fully saturated rings. The number of hydrogen-bond acceptors (Lipinski definition) is 3. The third-order valence-corrected chi connectivity index (χ3v) is 2.82. The lowest BCUT2D eigenvalue weighted by atomic mass is 10.1. The molecule has 0 saturated carbocycles. The molecule has 0 spiro atoms. The summed E-state index contributed by atoms with van der Waals surface area (Å²) in [5, 5.41) is 5.83. The molecule has 0 radical (unpaired) electrons. The van der Waals surface area contributed by atoms with E-state index in [4.69, 9.17) is 16.6 Å². The minimum Gasteiger partial charge on any atom is -0.459 e. The second-order valence-electron chi connectivity index (χ2n) is 3.90. The van der Waals surface area contributed by atoms with Gasteiger partial charge in [-0.3, -0.25) is 10.1 Å². The van der Waals surface area contributed by atoms with Gasteiger partial charge in [0.25, 0.3) is 5.91 Å². The normalized spacial score (nSPS) is 9.95. The van der Waals surface area contributed by atoms with Crippen molar-refractivity contribution in [1.82, 2.24) is 5.32 Å². The number of para-hydroxylation sites is 1. The van der Waals surface area contributed by atoms with Crippen LogP contribution in [-0.2, 0) is 6.42 Å². The fourth-order valence-electron chi connectivity index (χ4n) is 1.68. The third-order valence-electron chi connectivity index (χ3n) is 2.62. The summed E-state index contributed by atoms with van der Waals surface area (Å²) in [7, 11) is 0. The minimum absolute atomic E-state index is 0.230. The van der Waals surface area contributed by atoms with Gasteiger partial charge in [0.15, 0.2) is 10.9 Å². The zero-order chi connectivity index (χ0) is 13.7. The molecule has 0 atom stereocenters. The highest BCUT2D eigenvalue weighted by Gasteiger charge is 2.10. The fourth-order valence-corrected chi connectivity index (χ4v) is 1.88. The van der Waals surface area contributed by atoms with Crippen molar-refractivity contribution < 1.29 is 9.21 Å². The van der Waals surface area contributed by atoms with E-state index in [1.807, 2.05) is 24.3 Å². The Bertz CT molecular complexity index is 579. The van der Waals surface area contributed by atoms with E-state index in [0.717, 1.165) is 17.7 Å². The summed E-state index contributed by atoms with van der Waals surface area (Å²) in [5.41, 5.74) is 2.03. The van der Waals surface area contributed by atoms with Crippen LogP contribution in [0.15, 0.2) is 47.1 Å². The molecule has 0 aliphatic carbocycles. The Hall–Kier alpha value is -2.14. The molecule has 1 aromatic heterocycles. The molecule has 2 N–H and O–H groups in total. The number of anilines is 1. The van der Waals surface area contributed by atoms with E-state index in [9.17, 15) is 4.79 Å². The van der Waals surface area contributed by atoms with Gasteiger partial charge in [0.05, 0.1) is 6.26 Å². The van der Waals surface area contributed by atoms with E-state index in [-0.39, 0.29) is 16.8 Å². The SMILES string of the molecule is CCc1ccccc1NC(=S)NC(=O)c1ccco1. The van der Waals surface area contributed by atoms with Crippen LogP contribution in [0.1, 0.15) is 23.0 Å². The standard InChI is InChI=1S/C14H14N2O2S/c1-2-10-6-3-4-7-11(10)15-14(19)16-13(17)12-8-5-9-18-12/h3-9H,2H2,1H3,(H2,15,16,17,19). The monoisotopic (exact) mass is 274 g/mol. The molecule has 0 saturated heterocycles. The molecule has 1 amide bonds. The van der Waals surface area contributed by atoms with Crippen LogP contribution in [0.5, 0.6) is 0 Å². The second-order valence-corrected chi connectivity index (χ2v) is 4.30. The number of nitrogens with one attached hydrogen (secondary N) is 2. The quantitative estimate of drug-likeness (QED) is 0.845. The van der Waals surface area contributed by atoms with Gasteiger partial charge in [-0.25, -0.2) is 0 Å². The third kappa shape index (κ3) is 3.42. The number of aryl methyl sites for hydroxylation is 1. The summed E-state index contributed by atoms with van der Waals surface area (Å²) in [6.07, 6.45) is 2.33. The molecule has 5 heteroatoms. The Morgan fingerprint density at radius 2 is 2.05 bits per heavy atom. The lowest BCUT2D eigenvalue weighted by molar-refractivity contribution is 0.0950. The highest BCUT2D eigenvalue weighted by Crippen LogP contribution is 2.15. The zero-order valence-corrected chi connectivity index (χ0v) is 11.3. The van der Waals surface area contributed by atoms with Crippen LogP contribution >= 0.6 is 12.2 Å². The summed E-state index contributed by atoms with van der Waals surface area (Å²) in [5.74, 6) is -0.135. The molecule has 1 heterocycles.